The Hall–Kier alpha value is -2.02. The van der Waals surface area contributed by atoms with Gasteiger partial charge < -0.3 is 0 Å². The number of hydrogen-bond acceptors (Lipinski definition) is 4. The molecule has 0 N–H and O–H groups in total. The Balaban J connectivity index is 1.83. The number of halogens is 1. The van der Waals surface area contributed by atoms with Gasteiger partial charge in [0, 0.05) is 4.47 Å². The van der Waals surface area contributed by atoms with E-state index in [-0.39, 0.29) is 0 Å². The molecule has 0 unspecified atom stereocenters. The third kappa shape index (κ3) is 3.05. The summed E-state index contributed by atoms with van der Waals surface area (Å²) in [6, 6.07) is 6.23. The van der Waals surface area contributed by atoms with Gasteiger partial charge in [-0.05, 0) is 23.3 Å². The zero-order valence-electron chi connectivity index (χ0n) is 10.0. The molecule has 2 aromatic heterocycles. The molecule has 0 saturated heterocycles. The third-order valence-electron chi connectivity index (χ3n) is 2.60. The summed E-state index contributed by atoms with van der Waals surface area (Å²) in [6.07, 6.45) is 6.69. The van der Waals surface area contributed by atoms with Crippen LogP contribution in [-0.4, -0.2) is 30.0 Å². The van der Waals surface area contributed by atoms with E-state index in [0.717, 1.165) is 15.6 Å². The van der Waals surface area contributed by atoms with Crippen LogP contribution in [-0.2, 0) is 13.1 Å². The van der Waals surface area contributed by atoms with Gasteiger partial charge in [0.05, 0.1) is 37.9 Å². The van der Waals surface area contributed by atoms with Gasteiger partial charge in [0.1, 0.15) is 0 Å². The summed E-state index contributed by atoms with van der Waals surface area (Å²) < 4.78 is 1.03. The predicted molar refractivity (Wildman–Crippen MR) is 72.4 cm³/mol. The molecular formula is C12H11BrN6. The van der Waals surface area contributed by atoms with E-state index in [2.05, 4.69) is 54.5 Å². The molecule has 0 bridgehead atoms. The third-order valence-corrected chi connectivity index (χ3v) is 3.06. The molecule has 0 spiro atoms. The number of rotatable bonds is 4. The second kappa shape index (κ2) is 5.31. The van der Waals surface area contributed by atoms with Crippen LogP contribution in [0.25, 0.3) is 0 Å². The second-order valence-corrected chi connectivity index (χ2v) is 5.00. The number of hydrogen-bond donors (Lipinski definition) is 0. The summed E-state index contributed by atoms with van der Waals surface area (Å²) in [5, 5.41) is 16.4. The van der Waals surface area contributed by atoms with E-state index >= 15 is 0 Å². The zero-order chi connectivity index (χ0) is 13.1. The van der Waals surface area contributed by atoms with Gasteiger partial charge >= 0.3 is 0 Å². The highest BCUT2D eigenvalue weighted by molar-refractivity contribution is 9.10. The molecule has 6 nitrogen and oxygen atoms in total. The highest BCUT2D eigenvalue weighted by Crippen LogP contribution is 2.17. The minimum Gasteiger partial charge on any atom is -0.180 e. The standard InChI is InChI=1S/C12H11BrN6/c13-12-6-10(8-18-14-1-2-15-18)5-11(7-12)9-19-16-3-4-17-19/h1-7H,8-9H2. The Bertz CT molecular complexity index is 592. The molecule has 7 heteroatoms. The fourth-order valence-electron chi connectivity index (χ4n) is 1.88. The van der Waals surface area contributed by atoms with E-state index in [1.807, 2.05) is 0 Å². The van der Waals surface area contributed by atoms with Crippen LogP contribution >= 0.6 is 15.9 Å². The summed E-state index contributed by atoms with van der Waals surface area (Å²) in [5.41, 5.74) is 2.26. The molecule has 1 aromatic carbocycles. The minimum absolute atomic E-state index is 0.645. The van der Waals surface area contributed by atoms with Crippen molar-refractivity contribution >= 4 is 15.9 Å². The van der Waals surface area contributed by atoms with Gasteiger partial charge in [-0.2, -0.15) is 30.0 Å². The van der Waals surface area contributed by atoms with E-state index in [1.165, 1.54) is 0 Å². The molecule has 0 aliphatic rings. The first-order valence-electron chi connectivity index (χ1n) is 5.76. The fraction of sp³-hybridized carbons (Fsp3) is 0.167. The molecule has 96 valence electrons. The van der Waals surface area contributed by atoms with Gasteiger partial charge in [0.15, 0.2) is 0 Å². The molecule has 3 aromatic rings. The van der Waals surface area contributed by atoms with Crippen LogP contribution < -0.4 is 0 Å². The summed E-state index contributed by atoms with van der Waals surface area (Å²) in [7, 11) is 0. The molecule has 0 aliphatic carbocycles. The first kappa shape index (κ1) is 12.0. The average molecular weight is 319 g/mol. The molecule has 2 heterocycles. The Morgan fingerprint density at radius 3 is 1.58 bits per heavy atom. The second-order valence-electron chi connectivity index (χ2n) is 4.09. The van der Waals surface area contributed by atoms with Gasteiger partial charge in [-0.1, -0.05) is 22.0 Å². The zero-order valence-corrected chi connectivity index (χ0v) is 11.6. The Kier molecular flexibility index (Phi) is 3.37. The summed E-state index contributed by atoms with van der Waals surface area (Å²) in [6.45, 7) is 1.29. The highest BCUT2D eigenvalue weighted by atomic mass is 79.9. The van der Waals surface area contributed by atoms with Crippen LogP contribution in [0.2, 0.25) is 0 Å². The number of benzene rings is 1. The molecule has 0 radical (unpaired) electrons. The number of nitrogens with zero attached hydrogens (tertiary/aromatic N) is 6. The van der Waals surface area contributed by atoms with Crippen molar-refractivity contribution < 1.29 is 0 Å². The molecule has 19 heavy (non-hydrogen) atoms. The minimum atomic E-state index is 0.645. The quantitative estimate of drug-likeness (QED) is 0.735. The molecule has 3 rings (SSSR count). The van der Waals surface area contributed by atoms with Crippen molar-refractivity contribution in [2.75, 3.05) is 0 Å². The maximum absolute atomic E-state index is 4.11. The van der Waals surface area contributed by atoms with Gasteiger partial charge in [0.25, 0.3) is 0 Å². The first-order chi connectivity index (χ1) is 9.29. The van der Waals surface area contributed by atoms with Gasteiger partial charge in [-0.3, -0.25) is 0 Å². The van der Waals surface area contributed by atoms with E-state index in [9.17, 15) is 0 Å². The first-order valence-corrected chi connectivity index (χ1v) is 6.55. The average Bonchev–Trinajstić information content (AvgIpc) is 3.01. The Labute approximate surface area is 118 Å². The lowest BCUT2D eigenvalue weighted by molar-refractivity contribution is 0.581. The lowest BCUT2D eigenvalue weighted by Crippen LogP contribution is -2.06. The lowest BCUT2D eigenvalue weighted by atomic mass is 10.1. The molecule has 0 atom stereocenters. The van der Waals surface area contributed by atoms with Crippen molar-refractivity contribution in [2.24, 2.45) is 0 Å². The van der Waals surface area contributed by atoms with E-state index < -0.39 is 0 Å². The predicted octanol–water partition coefficient (Wildman–Crippen LogP) is 1.73. The Morgan fingerprint density at radius 1 is 0.737 bits per heavy atom. The van der Waals surface area contributed by atoms with E-state index in [4.69, 9.17) is 0 Å². The van der Waals surface area contributed by atoms with Crippen molar-refractivity contribution in [3.63, 3.8) is 0 Å². The summed E-state index contributed by atoms with van der Waals surface area (Å²) >= 11 is 3.52. The van der Waals surface area contributed by atoms with Crippen molar-refractivity contribution in [2.45, 2.75) is 13.1 Å². The summed E-state index contributed by atoms with van der Waals surface area (Å²) in [4.78, 5) is 3.30. The van der Waals surface area contributed by atoms with Gasteiger partial charge in [0.2, 0.25) is 0 Å². The molecule has 0 fully saturated rings. The highest BCUT2D eigenvalue weighted by Gasteiger charge is 2.03. The summed E-state index contributed by atoms with van der Waals surface area (Å²) in [5.74, 6) is 0. The largest absolute Gasteiger partial charge is 0.180 e. The SMILES string of the molecule is Brc1cc(Cn2nccn2)cc(Cn2nccn2)c1. The smallest absolute Gasteiger partial charge is 0.0857 e. The molecule has 0 aliphatic heterocycles. The van der Waals surface area contributed by atoms with Gasteiger partial charge in [-0.15, -0.1) is 0 Å². The van der Waals surface area contributed by atoms with Gasteiger partial charge in [-0.25, -0.2) is 0 Å². The van der Waals surface area contributed by atoms with Crippen molar-refractivity contribution in [1.29, 1.82) is 0 Å². The van der Waals surface area contributed by atoms with Crippen molar-refractivity contribution in [3.8, 4) is 0 Å². The van der Waals surface area contributed by atoms with E-state index in [1.54, 1.807) is 34.4 Å². The number of aromatic nitrogens is 6. The van der Waals surface area contributed by atoms with Crippen molar-refractivity contribution in [1.82, 2.24) is 30.0 Å². The van der Waals surface area contributed by atoms with Crippen LogP contribution in [0.5, 0.6) is 0 Å². The maximum atomic E-state index is 4.11. The maximum Gasteiger partial charge on any atom is 0.0857 e. The Morgan fingerprint density at radius 2 is 1.16 bits per heavy atom. The normalized spacial score (nSPS) is 10.8. The van der Waals surface area contributed by atoms with Crippen LogP contribution in [0, 0.1) is 0 Å². The molecular weight excluding hydrogens is 308 g/mol. The fourth-order valence-corrected chi connectivity index (χ4v) is 2.46. The molecule has 0 saturated carbocycles. The lowest BCUT2D eigenvalue weighted by Gasteiger charge is -2.06. The van der Waals surface area contributed by atoms with Crippen LogP contribution in [0.4, 0.5) is 0 Å². The van der Waals surface area contributed by atoms with E-state index in [0.29, 0.717) is 13.1 Å². The van der Waals surface area contributed by atoms with Crippen LogP contribution in [0.3, 0.4) is 0 Å². The topological polar surface area (TPSA) is 61.4 Å². The van der Waals surface area contributed by atoms with Crippen LogP contribution in [0.15, 0.2) is 47.5 Å². The van der Waals surface area contributed by atoms with Crippen molar-refractivity contribution in [3.05, 3.63) is 58.6 Å². The molecule has 0 amide bonds. The van der Waals surface area contributed by atoms with Crippen LogP contribution in [0.1, 0.15) is 11.1 Å². The monoisotopic (exact) mass is 318 g/mol.